The molecule has 21 heavy (non-hydrogen) atoms. The minimum Gasteiger partial charge on any atom is -0.321 e. The number of aryl methyl sites for hydroxylation is 2. The zero-order valence-electron chi connectivity index (χ0n) is 13.8. The average Bonchev–Trinajstić information content (AvgIpc) is 2.48. The maximum Gasteiger partial charge on any atom is 0.279 e. The molecule has 0 unspecified atom stereocenters. The van der Waals surface area contributed by atoms with Crippen LogP contribution in [0.3, 0.4) is 0 Å². The summed E-state index contributed by atoms with van der Waals surface area (Å²) >= 11 is 0. The van der Waals surface area contributed by atoms with Gasteiger partial charge >= 0.3 is 0 Å². The summed E-state index contributed by atoms with van der Waals surface area (Å²) in [7, 11) is 0. The first-order valence-electron chi connectivity index (χ1n) is 7.57. The molecular formula is C17H26N3O+. The van der Waals surface area contributed by atoms with Crippen molar-refractivity contribution in [3.63, 3.8) is 0 Å². The molecule has 0 bridgehead atoms. The summed E-state index contributed by atoms with van der Waals surface area (Å²) in [4.78, 5) is 12.4. The van der Waals surface area contributed by atoms with E-state index >= 15 is 0 Å². The van der Waals surface area contributed by atoms with Gasteiger partial charge in [-0.1, -0.05) is 0 Å². The molecule has 0 aliphatic rings. The van der Waals surface area contributed by atoms with Crippen molar-refractivity contribution in [1.82, 2.24) is 0 Å². The van der Waals surface area contributed by atoms with Gasteiger partial charge in [0.1, 0.15) is 0 Å². The predicted molar refractivity (Wildman–Crippen MR) is 86.0 cm³/mol. The third-order valence-corrected chi connectivity index (χ3v) is 4.42. The summed E-state index contributed by atoms with van der Waals surface area (Å²) in [5.41, 5.74) is 3.33. The van der Waals surface area contributed by atoms with Gasteiger partial charge in [-0.05, 0) is 57.9 Å². The molecule has 114 valence electrons. The van der Waals surface area contributed by atoms with Gasteiger partial charge in [0, 0.05) is 5.69 Å². The fourth-order valence-electron chi connectivity index (χ4n) is 2.72. The quantitative estimate of drug-likeness (QED) is 0.818. The summed E-state index contributed by atoms with van der Waals surface area (Å²) in [5, 5.41) is 12.0. The third-order valence-electron chi connectivity index (χ3n) is 4.42. The first kappa shape index (κ1) is 17.2. The Bertz CT molecular complexity index is 522. The first-order valence-corrected chi connectivity index (χ1v) is 7.57. The second kappa shape index (κ2) is 7.24. The number of benzene rings is 1. The first-order chi connectivity index (χ1) is 9.91. The van der Waals surface area contributed by atoms with Crippen LogP contribution in [0.4, 0.5) is 5.69 Å². The zero-order chi connectivity index (χ0) is 16.0. The number of quaternary nitrogens is 1. The maximum absolute atomic E-state index is 12.4. The topological polar surface area (TPSA) is 52.9 Å². The molecule has 0 spiro atoms. The number of anilines is 1. The monoisotopic (exact) mass is 288 g/mol. The van der Waals surface area contributed by atoms with Gasteiger partial charge in [-0.2, -0.15) is 5.26 Å². The molecule has 0 aromatic heterocycles. The molecule has 1 aromatic rings. The van der Waals surface area contributed by atoms with Gasteiger partial charge in [0.05, 0.1) is 31.3 Å². The van der Waals surface area contributed by atoms with E-state index in [0.29, 0.717) is 12.1 Å². The van der Waals surface area contributed by atoms with Crippen LogP contribution in [0.1, 0.15) is 37.5 Å². The van der Waals surface area contributed by atoms with Crippen molar-refractivity contribution >= 4 is 11.6 Å². The molecular weight excluding hydrogens is 262 g/mol. The number of rotatable bonds is 6. The molecule has 4 heteroatoms. The number of hydrogen-bond donors (Lipinski definition) is 1. The van der Waals surface area contributed by atoms with Crippen molar-refractivity contribution in [1.29, 1.82) is 5.26 Å². The van der Waals surface area contributed by atoms with Crippen LogP contribution in [-0.4, -0.2) is 36.6 Å². The van der Waals surface area contributed by atoms with Gasteiger partial charge in [0.15, 0.2) is 6.54 Å². The van der Waals surface area contributed by atoms with E-state index in [1.165, 1.54) is 0 Å². The molecule has 1 amide bonds. The fourth-order valence-corrected chi connectivity index (χ4v) is 2.72. The largest absolute Gasteiger partial charge is 0.321 e. The molecule has 1 rings (SSSR count). The van der Waals surface area contributed by atoms with Crippen molar-refractivity contribution in [3.8, 4) is 6.07 Å². The van der Waals surface area contributed by atoms with E-state index in [1.807, 2.05) is 26.0 Å². The van der Waals surface area contributed by atoms with Crippen molar-refractivity contribution in [2.24, 2.45) is 0 Å². The van der Waals surface area contributed by atoms with E-state index in [0.717, 1.165) is 40.9 Å². The summed E-state index contributed by atoms with van der Waals surface area (Å²) in [6.07, 6.45) is 0. The van der Waals surface area contributed by atoms with E-state index in [9.17, 15) is 4.79 Å². The van der Waals surface area contributed by atoms with Gasteiger partial charge in [-0.3, -0.25) is 4.79 Å². The number of amides is 1. The number of nitrogens with one attached hydrogen (secondary N) is 1. The van der Waals surface area contributed by atoms with Gasteiger partial charge in [0.25, 0.3) is 5.91 Å². The van der Waals surface area contributed by atoms with Crippen LogP contribution < -0.4 is 5.32 Å². The molecule has 0 fully saturated rings. The lowest BCUT2D eigenvalue weighted by molar-refractivity contribution is -0.915. The molecule has 0 atom stereocenters. The van der Waals surface area contributed by atoms with Crippen LogP contribution in [0, 0.1) is 25.2 Å². The highest BCUT2D eigenvalue weighted by Gasteiger charge is 2.25. The fraction of sp³-hybridized carbons (Fsp3) is 0.529. The SMILES string of the molecule is CC[N+](CC)(CC)CC(=O)Nc1c(C)cc(C#N)cc1C. The van der Waals surface area contributed by atoms with E-state index in [2.05, 4.69) is 32.2 Å². The molecule has 1 N–H and O–H groups in total. The molecule has 0 aliphatic heterocycles. The number of carbonyl (C=O) groups is 1. The van der Waals surface area contributed by atoms with Gasteiger partial charge in [-0.15, -0.1) is 0 Å². The Labute approximate surface area is 128 Å². The smallest absolute Gasteiger partial charge is 0.279 e. The standard InChI is InChI=1S/C17H25N3O/c1-6-20(7-2,8-3)12-16(21)19-17-13(4)9-15(11-18)10-14(17)5/h9-10H,6-8,12H2,1-5H3/p+1. The molecule has 0 heterocycles. The predicted octanol–water partition coefficient (Wildman–Crippen LogP) is 2.99. The molecule has 0 aliphatic carbocycles. The van der Waals surface area contributed by atoms with Crippen LogP contribution in [0.2, 0.25) is 0 Å². The second-order valence-corrected chi connectivity index (χ2v) is 5.59. The van der Waals surface area contributed by atoms with Crippen LogP contribution in [0.15, 0.2) is 12.1 Å². The summed E-state index contributed by atoms with van der Waals surface area (Å²) < 4.78 is 0.792. The summed E-state index contributed by atoms with van der Waals surface area (Å²) in [6.45, 7) is 13.6. The van der Waals surface area contributed by atoms with Crippen molar-refractivity contribution in [2.75, 3.05) is 31.5 Å². The Balaban J connectivity index is 2.92. The van der Waals surface area contributed by atoms with Crippen molar-refractivity contribution < 1.29 is 9.28 Å². The Hall–Kier alpha value is -1.86. The molecule has 0 radical (unpaired) electrons. The number of likely N-dealkylation sites (N-methyl/N-ethyl adjacent to an activating group) is 1. The number of carbonyl (C=O) groups excluding carboxylic acids is 1. The highest BCUT2D eigenvalue weighted by atomic mass is 16.2. The van der Waals surface area contributed by atoms with Crippen LogP contribution in [0.25, 0.3) is 0 Å². The second-order valence-electron chi connectivity index (χ2n) is 5.59. The minimum atomic E-state index is 0.0384. The highest BCUT2D eigenvalue weighted by Crippen LogP contribution is 2.22. The van der Waals surface area contributed by atoms with E-state index in [4.69, 9.17) is 5.26 Å². The van der Waals surface area contributed by atoms with Crippen LogP contribution in [0.5, 0.6) is 0 Å². The summed E-state index contributed by atoms with van der Waals surface area (Å²) in [6, 6.07) is 5.76. The lowest BCUT2D eigenvalue weighted by Crippen LogP contribution is -2.52. The Kier molecular flexibility index (Phi) is 5.92. The maximum atomic E-state index is 12.4. The van der Waals surface area contributed by atoms with Crippen molar-refractivity contribution in [3.05, 3.63) is 28.8 Å². The molecule has 0 saturated carbocycles. The Morgan fingerprint density at radius 2 is 1.62 bits per heavy atom. The minimum absolute atomic E-state index is 0.0384. The zero-order valence-corrected chi connectivity index (χ0v) is 13.8. The lowest BCUT2D eigenvalue weighted by Gasteiger charge is -2.35. The number of nitriles is 1. The highest BCUT2D eigenvalue weighted by molar-refractivity contribution is 5.93. The van der Waals surface area contributed by atoms with Gasteiger partial charge < -0.3 is 9.80 Å². The van der Waals surface area contributed by atoms with Gasteiger partial charge in [-0.25, -0.2) is 0 Å². The van der Waals surface area contributed by atoms with E-state index in [-0.39, 0.29) is 5.91 Å². The number of nitrogens with zero attached hydrogens (tertiary/aromatic N) is 2. The summed E-state index contributed by atoms with van der Waals surface area (Å²) in [5.74, 6) is 0.0384. The van der Waals surface area contributed by atoms with Crippen LogP contribution in [-0.2, 0) is 4.79 Å². The number of hydrogen-bond acceptors (Lipinski definition) is 2. The van der Waals surface area contributed by atoms with E-state index < -0.39 is 0 Å². The molecule has 1 aromatic carbocycles. The van der Waals surface area contributed by atoms with Crippen molar-refractivity contribution in [2.45, 2.75) is 34.6 Å². The normalized spacial score (nSPS) is 11.0. The Morgan fingerprint density at radius 3 is 2.00 bits per heavy atom. The molecule has 0 saturated heterocycles. The Morgan fingerprint density at radius 1 is 1.14 bits per heavy atom. The van der Waals surface area contributed by atoms with Crippen LogP contribution >= 0.6 is 0 Å². The lowest BCUT2D eigenvalue weighted by atomic mass is 10.0. The molecule has 4 nitrogen and oxygen atoms in total. The average molecular weight is 288 g/mol. The third kappa shape index (κ3) is 4.05. The van der Waals surface area contributed by atoms with Gasteiger partial charge in [0.2, 0.25) is 0 Å². The van der Waals surface area contributed by atoms with E-state index in [1.54, 1.807) is 0 Å².